The number of rotatable bonds is 6. The van der Waals surface area contributed by atoms with Crippen LogP contribution in [-0.2, 0) is 4.79 Å². The summed E-state index contributed by atoms with van der Waals surface area (Å²) in [6.07, 6.45) is -2.54. The Hall–Kier alpha value is -3.56. The molecule has 2 aromatic carbocycles. The molecule has 1 fully saturated rings. The standard InChI is InChI=1S/C24H21F4NO5/c1-12-20(21(23(31)32)13-4-3-5-13)16-10-19(33-2)17(25)11-18(16)29(12)22(30)14-6-8-15(9-7-14)34-24(26,27)28/h6-11,13,21H,3-5H2,1-2H3,(H,31,32). The van der Waals surface area contributed by atoms with Gasteiger partial charge in [-0.05, 0) is 61.6 Å². The molecule has 3 aromatic rings. The van der Waals surface area contributed by atoms with Crippen molar-refractivity contribution in [3.63, 3.8) is 0 Å². The van der Waals surface area contributed by atoms with Crippen molar-refractivity contribution in [1.29, 1.82) is 0 Å². The van der Waals surface area contributed by atoms with Crippen molar-refractivity contribution in [2.24, 2.45) is 5.92 Å². The first kappa shape index (κ1) is 23.6. The fourth-order valence-electron chi connectivity index (χ4n) is 4.51. The zero-order valence-electron chi connectivity index (χ0n) is 18.3. The summed E-state index contributed by atoms with van der Waals surface area (Å²) in [5.74, 6) is -4.04. The van der Waals surface area contributed by atoms with Crippen LogP contribution in [0.5, 0.6) is 11.5 Å². The fourth-order valence-corrected chi connectivity index (χ4v) is 4.51. The number of fused-ring (bicyclic) bond motifs is 1. The van der Waals surface area contributed by atoms with Gasteiger partial charge in [0.15, 0.2) is 11.6 Å². The summed E-state index contributed by atoms with van der Waals surface area (Å²) >= 11 is 0. The van der Waals surface area contributed by atoms with Gasteiger partial charge in [-0.15, -0.1) is 13.2 Å². The van der Waals surface area contributed by atoms with E-state index in [1.54, 1.807) is 6.92 Å². The van der Waals surface area contributed by atoms with Gasteiger partial charge in [0.2, 0.25) is 0 Å². The number of benzene rings is 2. The van der Waals surface area contributed by atoms with Gasteiger partial charge < -0.3 is 14.6 Å². The number of alkyl halides is 3. The van der Waals surface area contributed by atoms with Crippen molar-refractivity contribution < 1.29 is 41.7 Å². The third-order valence-electron chi connectivity index (χ3n) is 6.26. The summed E-state index contributed by atoms with van der Waals surface area (Å²) in [5, 5.41) is 10.4. The molecule has 6 nitrogen and oxygen atoms in total. The predicted molar refractivity (Wildman–Crippen MR) is 114 cm³/mol. The number of carboxylic acids is 1. The molecule has 1 aromatic heterocycles. The molecule has 10 heteroatoms. The number of aliphatic carboxylic acids is 1. The summed E-state index contributed by atoms with van der Waals surface area (Å²) in [4.78, 5) is 25.6. The van der Waals surface area contributed by atoms with Gasteiger partial charge in [0.25, 0.3) is 5.91 Å². The summed E-state index contributed by atoms with van der Waals surface area (Å²) in [5.41, 5.74) is 0.892. The highest BCUT2D eigenvalue weighted by Gasteiger charge is 2.38. The van der Waals surface area contributed by atoms with E-state index in [0.717, 1.165) is 49.6 Å². The Balaban J connectivity index is 1.87. The second-order valence-electron chi connectivity index (χ2n) is 8.22. The maximum absolute atomic E-state index is 14.6. The Kier molecular flexibility index (Phi) is 6.01. The second kappa shape index (κ2) is 8.66. The van der Waals surface area contributed by atoms with Gasteiger partial charge in [-0.25, -0.2) is 4.39 Å². The molecule has 1 aliphatic carbocycles. The van der Waals surface area contributed by atoms with Crippen LogP contribution in [0.3, 0.4) is 0 Å². The number of halogens is 4. The van der Waals surface area contributed by atoms with E-state index in [9.17, 15) is 32.3 Å². The number of hydrogen-bond acceptors (Lipinski definition) is 4. The summed E-state index contributed by atoms with van der Waals surface area (Å²) in [6, 6.07) is 6.81. The SMILES string of the molecule is COc1cc2c(C(C(=O)O)C3CCC3)c(C)n(C(=O)c3ccc(OC(F)(F)F)cc3)c2cc1F. The molecular formula is C24H21F4NO5. The smallest absolute Gasteiger partial charge is 0.494 e. The molecule has 4 rings (SSSR count). The molecule has 180 valence electrons. The second-order valence-corrected chi connectivity index (χ2v) is 8.22. The molecule has 1 aliphatic rings. The van der Waals surface area contributed by atoms with Crippen molar-refractivity contribution in [2.45, 2.75) is 38.5 Å². The van der Waals surface area contributed by atoms with Gasteiger partial charge in [-0.2, -0.15) is 0 Å². The largest absolute Gasteiger partial charge is 0.573 e. The van der Waals surface area contributed by atoms with Crippen molar-refractivity contribution >= 4 is 22.8 Å². The molecule has 1 saturated carbocycles. The number of carbonyl (C=O) groups excluding carboxylic acids is 1. The van der Waals surface area contributed by atoms with E-state index < -0.39 is 35.7 Å². The average Bonchev–Trinajstić information content (AvgIpc) is 2.99. The minimum atomic E-state index is -4.88. The molecule has 0 amide bonds. The third-order valence-corrected chi connectivity index (χ3v) is 6.26. The maximum Gasteiger partial charge on any atom is 0.573 e. The van der Waals surface area contributed by atoms with Gasteiger partial charge in [0.1, 0.15) is 5.75 Å². The molecule has 1 heterocycles. The molecule has 1 N–H and O–H groups in total. The van der Waals surface area contributed by atoms with Crippen molar-refractivity contribution in [1.82, 2.24) is 4.57 Å². The first-order valence-electron chi connectivity index (χ1n) is 10.5. The fraction of sp³-hybridized carbons (Fsp3) is 0.333. The molecule has 1 atom stereocenters. The Morgan fingerprint density at radius 1 is 1.15 bits per heavy atom. The van der Waals surface area contributed by atoms with Crippen molar-refractivity contribution in [3.8, 4) is 11.5 Å². The van der Waals surface area contributed by atoms with E-state index in [-0.39, 0.29) is 22.7 Å². The Morgan fingerprint density at radius 3 is 2.29 bits per heavy atom. The molecular weight excluding hydrogens is 458 g/mol. The average molecular weight is 479 g/mol. The van der Waals surface area contributed by atoms with Crippen LogP contribution in [0.4, 0.5) is 17.6 Å². The lowest BCUT2D eigenvalue weighted by atomic mass is 9.72. The highest BCUT2D eigenvalue weighted by molar-refractivity contribution is 6.05. The molecule has 0 spiro atoms. The van der Waals surface area contributed by atoms with Crippen molar-refractivity contribution in [2.75, 3.05) is 7.11 Å². The monoisotopic (exact) mass is 479 g/mol. The number of aromatic nitrogens is 1. The predicted octanol–water partition coefficient (Wildman–Crippen LogP) is 5.65. The topological polar surface area (TPSA) is 77.8 Å². The zero-order valence-corrected chi connectivity index (χ0v) is 18.3. The summed E-state index contributed by atoms with van der Waals surface area (Å²) in [7, 11) is 1.28. The molecule has 0 radical (unpaired) electrons. The van der Waals surface area contributed by atoms with Crippen LogP contribution in [0.15, 0.2) is 36.4 Å². The quantitative estimate of drug-likeness (QED) is 0.462. The first-order valence-corrected chi connectivity index (χ1v) is 10.5. The number of methoxy groups -OCH3 is 1. The maximum atomic E-state index is 14.6. The van der Waals surface area contributed by atoms with Crippen molar-refractivity contribution in [3.05, 3.63) is 59.0 Å². The lowest BCUT2D eigenvalue weighted by molar-refractivity contribution is -0.274. The number of carboxylic acid groups (broad SMARTS) is 1. The van der Waals surface area contributed by atoms with E-state index in [4.69, 9.17) is 4.74 Å². The third kappa shape index (κ3) is 4.20. The van der Waals surface area contributed by atoms with Crippen LogP contribution in [0.1, 0.15) is 46.8 Å². The van der Waals surface area contributed by atoms with E-state index in [0.29, 0.717) is 16.6 Å². The molecule has 0 saturated heterocycles. The highest BCUT2D eigenvalue weighted by Crippen LogP contribution is 2.45. The minimum absolute atomic E-state index is 0.0211. The van der Waals surface area contributed by atoms with Crippen LogP contribution < -0.4 is 9.47 Å². The van der Waals surface area contributed by atoms with Gasteiger partial charge >= 0.3 is 12.3 Å². The highest BCUT2D eigenvalue weighted by atomic mass is 19.4. The van der Waals surface area contributed by atoms with E-state index >= 15 is 0 Å². The first-order chi connectivity index (χ1) is 16.0. The molecule has 0 aliphatic heterocycles. The van der Waals surface area contributed by atoms with Crippen LogP contribution in [0.2, 0.25) is 0 Å². The van der Waals surface area contributed by atoms with Crippen LogP contribution in [0, 0.1) is 18.7 Å². The Labute approximate surface area is 191 Å². The lowest BCUT2D eigenvalue weighted by Gasteiger charge is -2.31. The summed E-state index contributed by atoms with van der Waals surface area (Å²) in [6.45, 7) is 1.58. The zero-order chi connectivity index (χ0) is 24.8. The van der Waals surface area contributed by atoms with Gasteiger partial charge in [-0.3, -0.25) is 14.2 Å². The van der Waals surface area contributed by atoms with Crippen LogP contribution >= 0.6 is 0 Å². The van der Waals surface area contributed by atoms with E-state index in [2.05, 4.69) is 4.74 Å². The van der Waals surface area contributed by atoms with Crippen LogP contribution in [0.25, 0.3) is 10.9 Å². The minimum Gasteiger partial charge on any atom is -0.494 e. The Morgan fingerprint density at radius 2 is 1.79 bits per heavy atom. The van der Waals surface area contributed by atoms with E-state index in [1.165, 1.54) is 17.7 Å². The van der Waals surface area contributed by atoms with E-state index in [1.807, 2.05) is 0 Å². The number of hydrogen-bond donors (Lipinski definition) is 1. The molecule has 0 bridgehead atoms. The Bertz CT molecular complexity index is 1260. The summed E-state index contributed by atoms with van der Waals surface area (Å²) < 4.78 is 62.1. The number of ether oxygens (including phenoxy) is 2. The molecule has 1 unspecified atom stereocenters. The molecule has 34 heavy (non-hydrogen) atoms. The van der Waals surface area contributed by atoms with Crippen LogP contribution in [-0.4, -0.2) is 35.0 Å². The van der Waals surface area contributed by atoms with Gasteiger partial charge in [0, 0.05) is 22.7 Å². The lowest BCUT2D eigenvalue weighted by Crippen LogP contribution is -2.27. The number of carbonyl (C=O) groups is 2. The van der Waals surface area contributed by atoms with Gasteiger partial charge in [0.05, 0.1) is 18.5 Å². The normalized spacial score (nSPS) is 15.1. The number of nitrogens with zero attached hydrogens (tertiary/aromatic N) is 1. The van der Waals surface area contributed by atoms with Gasteiger partial charge in [-0.1, -0.05) is 6.42 Å².